The molecular weight excluding hydrogens is 359 g/mol. The van der Waals surface area contributed by atoms with Gasteiger partial charge in [-0.05, 0) is 36.4 Å². The van der Waals surface area contributed by atoms with Crippen LogP contribution in [0.3, 0.4) is 0 Å². The molecule has 0 saturated carbocycles. The third-order valence-electron chi connectivity index (χ3n) is 4.12. The number of amides is 1. The molecule has 1 N–H and O–H groups in total. The Labute approximate surface area is 151 Å². The zero-order chi connectivity index (χ0) is 18.4. The molecule has 130 valence electrons. The third kappa shape index (κ3) is 2.53. The molecule has 26 heavy (non-hydrogen) atoms. The van der Waals surface area contributed by atoms with Gasteiger partial charge in [-0.25, -0.2) is 9.37 Å². The van der Waals surface area contributed by atoms with Crippen LogP contribution < -0.4 is 10.9 Å². The molecule has 4 rings (SSSR count). The van der Waals surface area contributed by atoms with Crippen molar-refractivity contribution in [2.75, 3.05) is 5.32 Å². The van der Waals surface area contributed by atoms with Gasteiger partial charge >= 0.3 is 0 Å². The zero-order valence-electron chi connectivity index (χ0n) is 13.5. The van der Waals surface area contributed by atoms with Crippen LogP contribution in [0.15, 0.2) is 53.5 Å². The van der Waals surface area contributed by atoms with Crippen molar-refractivity contribution >= 4 is 39.9 Å². The van der Waals surface area contributed by atoms with E-state index < -0.39 is 11.7 Å². The molecule has 0 bridgehead atoms. The van der Waals surface area contributed by atoms with E-state index in [1.54, 1.807) is 36.0 Å². The SMILES string of the molecule is Cn1c(C(=O)Nc2ccc(F)c(Cl)c2)cc2c(=O)n3ccccc3nc21. The second-order valence-electron chi connectivity index (χ2n) is 5.75. The van der Waals surface area contributed by atoms with Gasteiger partial charge in [0.25, 0.3) is 11.5 Å². The van der Waals surface area contributed by atoms with Crippen molar-refractivity contribution in [3.8, 4) is 0 Å². The van der Waals surface area contributed by atoms with Crippen LogP contribution in [0, 0.1) is 5.82 Å². The molecule has 0 spiro atoms. The number of aryl methyl sites for hydroxylation is 1. The first-order valence-electron chi connectivity index (χ1n) is 7.69. The number of carbonyl (C=O) groups excluding carboxylic acids is 1. The summed E-state index contributed by atoms with van der Waals surface area (Å²) in [6, 6.07) is 10.6. The summed E-state index contributed by atoms with van der Waals surface area (Å²) >= 11 is 5.73. The number of carbonyl (C=O) groups is 1. The van der Waals surface area contributed by atoms with Crippen LogP contribution >= 0.6 is 11.6 Å². The lowest BCUT2D eigenvalue weighted by molar-refractivity contribution is 0.101. The standard InChI is InChI=1S/C18H12ClFN4O2/c1-23-14(17(25)21-10-5-6-13(20)12(19)8-10)9-11-16(23)22-15-4-2-3-7-24(15)18(11)26/h2-9H,1H3,(H,21,25). The lowest BCUT2D eigenvalue weighted by Crippen LogP contribution is -2.16. The first kappa shape index (κ1) is 16.3. The summed E-state index contributed by atoms with van der Waals surface area (Å²) < 4.78 is 16.2. The minimum Gasteiger partial charge on any atom is -0.324 e. The molecule has 0 atom stereocenters. The molecule has 1 aromatic carbocycles. The van der Waals surface area contributed by atoms with Gasteiger partial charge in [0.05, 0.1) is 10.4 Å². The van der Waals surface area contributed by atoms with Crippen molar-refractivity contribution in [3.63, 3.8) is 0 Å². The molecule has 4 aromatic rings. The van der Waals surface area contributed by atoms with E-state index in [-0.39, 0.29) is 16.3 Å². The first-order chi connectivity index (χ1) is 12.5. The zero-order valence-corrected chi connectivity index (χ0v) is 14.3. The number of hydrogen-bond acceptors (Lipinski definition) is 3. The lowest BCUT2D eigenvalue weighted by atomic mass is 10.3. The molecule has 0 aliphatic rings. The summed E-state index contributed by atoms with van der Waals surface area (Å²) in [5, 5.41) is 2.88. The maximum absolute atomic E-state index is 13.3. The predicted molar refractivity (Wildman–Crippen MR) is 97.3 cm³/mol. The summed E-state index contributed by atoms with van der Waals surface area (Å²) in [6.07, 6.45) is 1.62. The summed E-state index contributed by atoms with van der Waals surface area (Å²) in [6.45, 7) is 0. The minimum absolute atomic E-state index is 0.0917. The first-order valence-corrected chi connectivity index (χ1v) is 8.07. The van der Waals surface area contributed by atoms with Crippen LogP contribution in [-0.2, 0) is 7.05 Å². The largest absolute Gasteiger partial charge is 0.324 e. The molecule has 0 fully saturated rings. The number of nitrogens with one attached hydrogen (secondary N) is 1. The lowest BCUT2D eigenvalue weighted by Gasteiger charge is -2.07. The van der Waals surface area contributed by atoms with Crippen LogP contribution in [-0.4, -0.2) is 19.9 Å². The van der Waals surface area contributed by atoms with Crippen molar-refractivity contribution in [2.45, 2.75) is 0 Å². The summed E-state index contributed by atoms with van der Waals surface area (Å²) in [4.78, 5) is 29.7. The van der Waals surface area contributed by atoms with E-state index in [1.807, 2.05) is 0 Å². The molecule has 8 heteroatoms. The van der Waals surface area contributed by atoms with Crippen molar-refractivity contribution in [1.29, 1.82) is 0 Å². The van der Waals surface area contributed by atoms with Crippen LogP contribution in [0.1, 0.15) is 10.5 Å². The molecule has 0 unspecified atom stereocenters. The smallest absolute Gasteiger partial charge is 0.272 e. The van der Waals surface area contributed by atoms with Gasteiger partial charge in [-0.15, -0.1) is 0 Å². The van der Waals surface area contributed by atoms with Crippen LogP contribution in [0.5, 0.6) is 0 Å². The van der Waals surface area contributed by atoms with Gasteiger partial charge in [-0.3, -0.25) is 14.0 Å². The number of anilines is 1. The van der Waals surface area contributed by atoms with Crippen LogP contribution in [0.2, 0.25) is 5.02 Å². The maximum Gasteiger partial charge on any atom is 0.272 e. The Kier molecular flexibility index (Phi) is 3.73. The van der Waals surface area contributed by atoms with Crippen molar-refractivity contribution in [2.24, 2.45) is 7.05 Å². The summed E-state index contributed by atoms with van der Waals surface area (Å²) in [5.41, 5.74) is 1.24. The second kappa shape index (κ2) is 5.96. The number of fused-ring (bicyclic) bond motifs is 2. The monoisotopic (exact) mass is 370 g/mol. The Morgan fingerprint density at radius 3 is 2.81 bits per heavy atom. The molecule has 0 radical (unpaired) electrons. The third-order valence-corrected chi connectivity index (χ3v) is 4.41. The topological polar surface area (TPSA) is 68.4 Å². The van der Waals surface area contributed by atoms with E-state index in [0.29, 0.717) is 22.4 Å². The number of benzene rings is 1. The normalized spacial score (nSPS) is 11.2. The second-order valence-corrected chi connectivity index (χ2v) is 6.16. The number of rotatable bonds is 2. The predicted octanol–water partition coefficient (Wildman–Crippen LogP) is 3.23. The van der Waals surface area contributed by atoms with Gasteiger partial charge in [0.1, 0.15) is 22.8 Å². The van der Waals surface area contributed by atoms with E-state index in [0.717, 1.165) is 0 Å². The van der Waals surface area contributed by atoms with Crippen LogP contribution in [0.4, 0.5) is 10.1 Å². The van der Waals surface area contributed by atoms with E-state index in [9.17, 15) is 14.0 Å². The Hall–Kier alpha value is -3.19. The molecule has 3 aromatic heterocycles. The van der Waals surface area contributed by atoms with Gasteiger partial charge in [0, 0.05) is 18.9 Å². The Balaban J connectivity index is 1.81. The molecule has 0 aliphatic carbocycles. The number of hydrogen-bond donors (Lipinski definition) is 1. The molecule has 3 heterocycles. The van der Waals surface area contributed by atoms with Gasteiger partial charge in [-0.1, -0.05) is 17.7 Å². The van der Waals surface area contributed by atoms with E-state index in [4.69, 9.17) is 11.6 Å². The van der Waals surface area contributed by atoms with E-state index in [2.05, 4.69) is 10.3 Å². The van der Waals surface area contributed by atoms with Gasteiger partial charge < -0.3 is 9.88 Å². The fourth-order valence-corrected chi connectivity index (χ4v) is 2.99. The van der Waals surface area contributed by atoms with E-state index in [1.165, 1.54) is 28.7 Å². The van der Waals surface area contributed by atoms with Gasteiger partial charge in [-0.2, -0.15) is 0 Å². The molecular formula is C18H12ClFN4O2. The highest BCUT2D eigenvalue weighted by Crippen LogP contribution is 2.21. The number of nitrogens with zero attached hydrogens (tertiary/aromatic N) is 3. The van der Waals surface area contributed by atoms with Crippen molar-refractivity contribution < 1.29 is 9.18 Å². The highest BCUT2D eigenvalue weighted by molar-refractivity contribution is 6.31. The fourth-order valence-electron chi connectivity index (χ4n) is 2.81. The maximum atomic E-state index is 13.3. The highest BCUT2D eigenvalue weighted by atomic mass is 35.5. The highest BCUT2D eigenvalue weighted by Gasteiger charge is 2.18. The Bertz CT molecular complexity index is 1250. The van der Waals surface area contributed by atoms with Gasteiger partial charge in [0.2, 0.25) is 0 Å². The number of pyridine rings is 1. The van der Waals surface area contributed by atoms with Gasteiger partial charge in [0.15, 0.2) is 0 Å². The Morgan fingerprint density at radius 2 is 2.04 bits per heavy atom. The molecule has 0 aliphatic heterocycles. The number of halogens is 2. The fraction of sp³-hybridized carbons (Fsp3) is 0.0556. The van der Waals surface area contributed by atoms with Crippen LogP contribution in [0.25, 0.3) is 16.7 Å². The molecule has 6 nitrogen and oxygen atoms in total. The van der Waals surface area contributed by atoms with Crippen molar-refractivity contribution in [3.05, 3.63) is 75.5 Å². The minimum atomic E-state index is -0.571. The van der Waals surface area contributed by atoms with E-state index >= 15 is 0 Å². The molecule has 0 saturated heterocycles. The quantitative estimate of drug-likeness (QED) is 0.589. The average Bonchev–Trinajstić information content (AvgIpc) is 2.96. The summed E-state index contributed by atoms with van der Waals surface area (Å²) in [7, 11) is 1.65. The average molecular weight is 371 g/mol. The summed E-state index contributed by atoms with van der Waals surface area (Å²) in [5.74, 6) is -1.03. The Morgan fingerprint density at radius 1 is 1.23 bits per heavy atom. The van der Waals surface area contributed by atoms with Crippen molar-refractivity contribution in [1.82, 2.24) is 14.0 Å². The molecule has 1 amide bonds. The number of aromatic nitrogens is 3.